The largest absolute Gasteiger partial charge is 0.479 e. The number of carbonyl (C=O) groups is 4. The van der Waals surface area contributed by atoms with Crippen LogP contribution in [0.15, 0.2) is 21.5 Å². The number of amides is 2. The van der Waals surface area contributed by atoms with Crippen molar-refractivity contribution in [1.82, 2.24) is 19.6 Å². The molecule has 1 aromatic heterocycles. The molecule has 1 aromatic rings. The van der Waals surface area contributed by atoms with Gasteiger partial charge in [-0.1, -0.05) is 10.3 Å². The molecule has 0 saturated carbocycles. The van der Waals surface area contributed by atoms with Crippen LogP contribution in [0.4, 0.5) is 5.13 Å². The fourth-order valence-electron chi connectivity index (χ4n) is 2.80. The Morgan fingerprint density at radius 3 is 2.75 bits per heavy atom. The number of rotatable bonds is 9. The lowest BCUT2D eigenvalue weighted by Crippen LogP contribution is -2.71. The molecule has 0 aromatic carbocycles. The zero-order valence-corrected chi connectivity index (χ0v) is 17.4. The Labute approximate surface area is 185 Å². The summed E-state index contributed by atoms with van der Waals surface area (Å²) in [6, 6.07) is -1.11. The molecule has 0 aliphatic carbocycles. The van der Waals surface area contributed by atoms with Crippen LogP contribution in [-0.2, 0) is 24.0 Å². The van der Waals surface area contributed by atoms with Crippen LogP contribution >= 0.6 is 23.3 Å². The predicted octanol–water partition coefficient (Wildman–Crippen LogP) is -1.03. The maximum Gasteiger partial charge on any atom is 0.352 e. The second-order valence-corrected chi connectivity index (χ2v) is 7.96. The molecule has 0 radical (unpaired) electrons. The Balaban J connectivity index is 1.79. The second-order valence-electron chi connectivity index (χ2n) is 6.07. The molecule has 1 saturated heterocycles. The first-order chi connectivity index (χ1) is 15.2. The highest BCUT2D eigenvalue weighted by molar-refractivity contribution is 8.00. The first-order valence-corrected chi connectivity index (χ1v) is 10.3. The number of thioether (sulfide) groups is 1. The highest BCUT2D eigenvalue weighted by atomic mass is 32.2. The number of hydrogen-bond donors (Lipinski definition) is 4. The molecule has 5 N–H and O–H groups in total. The number of nitrogens with zero attached hydrogens (tertiary/aromatic N) is 7. The number of hydrogen-bond acceptors (Lipinski definition) is 12. The Kier molecular flexibility index (Phi) is 6.76. The molecule has 2 aliphatic heterocycles. The molecule has 2 aliphatic rings. The van der Waals surface area contributed by atoms with E-state index in [2.05, 4.69) is 34.7 Å². The fourth-order valence-corrected chi connectivity index (χ4v) is 4.57. The van der Waals surface area contributed by atoms with Crippen molar-refractivity contribution >= 4 is 57.9 Å². The number of azide groups is 1. The third-order valence-corrected chi connectivity index (χ3v) is 5.96. The van der Waals surface area contributed by atoms with Crippen molar-refractivity contribution in [3.8, 4) is 0 Å². The van der Waals surface area contributed by atoms with E-state index in [0.717, 1.165) is 16.4 Å². The normalized spacial score (nSPS) is 20.1. The highest BCUT2D eigenvalue weighted by Gasteiger charge is 2.54. The zero-order valence-electron chi connectivity index (χ0n) is 15.7. The molecule has 18 heteroatoms. The number of nitrogens with two attached hydrogens (primary N) is 1. The van der Waals surface area contributed by atoms with Crippen LogP contribution in [0.25, 0.3) is 10.4 Å². The summed E-state index contributed by atoms with van der Waals surface area (Å²) in [5, 5.41) is 26.6. The van der Waals surface area contributed by atoms with Crippen LogP contribution in [0.5, 0.6) is 0 Å². The van der Waals surface area contributed by atoms with E-state index in [9.17, 15) is 24.3 Å². The number of oxime groups is 1. The molecule has 168 valence electrons. The summed E-state index contributed by atoms with van der Waals surface area (Å²) in [6.07, 6.45) is 0. The van der Waals surface area contributed by atoms with Gasteiger partial charge in [0.25, 0.3) is 11.8 Å². The first kappa shape index (κ1) is 22.8. The number of aliphatic carboxylic acids is 2. The Hall–Kier alpha value is -3.89. The van der Waals surface area contributed by atoms with E-state index >= 15 is 0 Å². The molecule has 2 unspecified atom stereocenters. The maximum atomic E-state index is 12.7. The minimum atomic E-state index is -1.37. The van der Waals surface area contributed by atoms with Gasteiger partial charge in [-0.2, -0.15) is 9.36 Å². The standard InChI is InChI=1S/C14H13N9O7S2/c15-14-19-9(21-32-14)6(20-30-2-5(24)25)10(26)18-7-11(27)23-8(13(28)29)4(1-17-22-16)3-31-12(7)23/h7,12H,1-3H2,(H,18,26)(H,24,25)(H,28,29)(H2,15,19,21)/b20-6+. The Morgan fingerprint density at radius 2 is 2.16 bits per heavy atom. The van der Waals surface area contributed by atoms with Gasteiger partial charge < -0.3 is 26.1 Å². The van der Waals surface area contributed by atoms with Gasteiger partial charge in [-0.15, -0.1) is 11.8 Å². The maximum absolute atomic E-state index is 12.7. The number of carbonyl (C=O) groups excluding carboxylic acids is 2. The number of nitrogen functional groups attached to an aromatic ring is 1. The van der Waals surface area contributed by atoms with Crippen LogP contribution in [0.3, 0.4) is 0 Å². The predicted molar refractivity (Wildman–Crippen MR) is 108 cm³/mol. The van der Waals surface area contributed by atoms with E-state index in [1.807, 2.05) is 0 Å². The van der Waals surface area contributed by atoms with Crippen molar-refractivity contribution in [2.45, 2.75) is 11.4 Å². The molecule has 0 spiro atoms. The topological polar surface area (TPSA) is 246 Å². The number of carboxylic acids is 2. The van der Waals surface area contributed by atoms with Gasteiger partial charge in [0.1, 0.15) is 17.1 Å². The van der Waals surface area contributed by atoms with E-state index in [0.29, 0.717) is 0 Å². The second kappa shape index (κ2) is 9.50. The van der Waals surface area contributed by atoms with E-state index in [1.54, 1.807) is 0 Å². The van der Waals surface area contributed by atoms with Crippen molar-refractivity contribution in [3.05, 3.63) is 27.5 Å². The number of aromatic nitrogens is 2. The van der Waals surface area contributed by atoms with Crippen LogP contribution in [-0.4, -0.2) is 84.3 Å². The number of anilines is 1. The first-order valence-electron chi connectivity index (χ1n) is 8.47. The molecular formula is C14H13N9O7S2. The summed E-state index contributed by atoms with van der Waals surface area (Å²) in [4.78, 5) is 59.6. The average Bonchev–Trinajstić information content (AvgIpc) is 3.17. The highest BCUT2D eigenvalue weighted by Crippen LogP contribution is 2.40. The summed E-state index contributed by atoms with van der Waals surface area (Å²) in [5.41, 5.74) is 13.4. The monoisotopic (exact) mass is 483 g/mol. The van der Waals surface area contributed by atoms with Gasteiger partial charge in [0, 0.05) is 22.2 Å². The molecule has 3 rings (SSSR count). The lowest BCUT2D eigenvalue weighted by atomic mass is 10.0. The van der Waals surface area contributed by atoms with E-state index in [4.69, 9.17) is 16.4 Å². The van der Waals surface area contributed by atoms with E-state index < -0.39 is 47.5 Å². The van der Waals surface area contributed by atoms with Crippen molar-refractivity contribution in [3.63, 3.8) is 0 Å². The molecule has 2 amide bonds. The molecule has 2 atom stereocenters. The van der Waals surface area contributed by atoms with Gasteiger partial charge in [-0.05, 0) is 11.1 Å². The van der Waals surface area contributed by atoms with Gasteiger partial charge in [0.15, 0.2) is 5.13 Å². The summed E-state index contributed by atoms with van der Waals surface area (Å²) in [5.74, 6) is -4.45. The third kappa shape index (κ3) is 4.56. The number of fused-ring (bicyclic) bond motifs is 1. The van der Waals surface area contributed by atoms with Crippen LogP contribution in [0.2, 0.25) is 0 Å². The van der Waals surface area contributed by atoms with Gasteiger partial charge in [0.2, 0.25) is 18.1 Å². The van der Waals surface area contributed by atoms with Crippen LogP contribution < -0.4 is 11.1 Å². The Bertz CT molecular complexity index is 1090. The van der Waals surface area contributed by atoms with E-state index in [1.165, 1.54) is 11.8 Å². The third-order valence-electron chi connectivity index (χ3n) is 4.07. The smallest absolute Gasteiger partial charge is 0.352 e. The fraction of sp³-hybridized carbons (Fsp3) is 0.357. The molecular weight excluding hydrogens is 470 g/mol. The summed E-state index contributed by atoms with van der Waals surface area (Å²) < 4.78 is 3.82. The zero-order chi connectivity index (χ0) is 23.4. The van der Waals surface area contributed by atoms with Crippen molar-refractivity contribution in [2.24, 2.45) is 10.3 Å². The van der Waals surface area contributed by atoms with Gasteiger partial charge >= 0.3 is 11.9 Å². The van der Waals surface area contributed by atoms with Gasteiger partial charge in [0.05, 0.1) is 6.54 Å². The summed E-state index contributed by atoms with van der Waals surface area (Å²) in [7, 11) is 0. The molecule has 16 nitrogen and oxygen atoms in total. The lowest BCUT2D eigenvalue weighted by Gasteiger charge is -2.49. The number of carboxylic acid groups (broad SMARTS) is 2. The summed E-state index contributed by atoms with van der Waals surface area (Å²) >= 11 is 1.92. The molecule has 32 heavy (non-hydrogen) atoms. The van der Waals surface area contributed by atoms with Crippen LogP contribution in [0.1, 0.15) is 5.82 Å². The minimum absolute atomic E-state index is 0.0104. The molecule has 0 bridgehead atoms. The summed E-state index contributed by atoms with van der Waals surface area (Å²) in [6.45, 7) is -1.06. The van der Waals surface area contributed by atoms with Crippen LogP contribution in [0, 0.1) is 0 Å². The number of nitrogens with one attached hydrogen (secondary N) is 1. The Morgan fingerprint density at radius 1 is 1.41 bits per heavy atom. The quantitative estimate of drug-likeness (QED) is 0.0825. The molecule has 3 heterocycles. The van der Waals surface area contributed by atoms with Gasteiger partial charge in [-0.25, -0.2) is 9.59 Å². The minimum Gasteiger partial charge on any atom is -0.479 e. The molecule has 1 fully saturated rings. The number of β-lactam (4-membered cyclic amide) rings is 1. The van der Waals surface area contributed by atoms with Crippen molar-refractivity contribution in [1.29, 1.82) is 0 Å². The average molecular weight is 483 g/mol. The van der Waals surface area contributed by atoms with Gasteiger partial charge in [-0.3, -0.25) is 14.5 Å². The van der Waals surface area contributed by atoms with E-state index in [-0.39, 0.29) is 34.5 Å². The van der Waals surface area contributed by atoms with Crippen molar-refractivity contribution < 1.29 is 34.2 Å². The SMILES string of the molecule is [N-]=[N+]=NCC1=C(C(=O)O)N2C(=O)C(NC(=O)/C(=N/OCC(=O)O)c3nsc(N)n3)C2SC1. The lowest BCUT2D eigenvalue weighted by molar-refractivity contribution is -0.150. The van der Waals surface area contributed by atoms with Crippen molar-refractivity contribution in [2.75, 3.05) is 24.6 Å².